The number of carbonyl (C=O) groups excluding carboxylic acids is 1. The van der Waals surface area contributed by atoms with Gasteiger partial charge in [-0.1, -0.05) is 11.8 Å². The fourth-order valence-corrected chi connectivity index (χ4v) is 2.49. The quantitative estimate of drug-likeness (QED) is 0.728. The first-order valence-corrected chi connectivity index (χ1v) is 6.17. The molecule has 0 bridgehead atoms. The number of amidine groups is 1. The minimum Gasteiger partial charge on any atom is -0.312 e. The molecular formula is C10H19N3OS. The Balaban J connectivity index is 2.77. The van der Waals surface area contributed by atoms with Crippen LogP contribution in [0.5, 0.6) is 0 Å². The Labute approximate surface area is 95.7 Å². The molecule has 86 valence electrons. The van der Waals surface area contributed by atoms with Crippen LogP contribution in [0.4, 0.5) is 4.79 Å². The number of carbonyl (C=O) groups is 1. The zero-order chi connectivity index (χ0) is 11.6. The van der Waals surface area contributed by atoms with Gasteiger partial charge in [-0.3, -0.25) is 9.89 Å². The number of amides is 2. The first kappa shape index (κ1) is 12.4. The van der Waals surface area contributed by atoms with Crippen LogP contribution in [0.15, 0.2) is 4.99 Å². The molecule has 0 aliphatic carbocycles. The summed E-state index contributed by atoms with van der Waals surface area (Å²) < 4.78 is 0. The highest BCUT2D eigenvalue weighted by atomic mass is 32.2. The Morgan fingerprint density at radius 3 is 2.40 bits per heavy atom. The third kappa shape index (κ3) is 2.87. The molecule has 0 aromatic heterocycles. The molecule has 5 heteroatoms. The van der Waals surface area contributed by atoms with E-state index >= 15 is 0 Å². The highest BCUT2D eigenvalue weighted by Gasteiger charge is 2.29. The van der Waals surface area contributed by atoms with E-state index in [-0.39, 0.29) is 18.1 Å². The summed E-state index contributed by atoms with van der Waals surface area (Å²) >= 11 is 1.62. The minimum atomic E-state index is 0.0446. The minimum absolute atomic E-state index is 0.0446. The third-order valence-electron chi connectivity index (χ3n) is 2.14. The molecule has 1 aliphatic rings. The van der Waals surface area contributed by atoms with Gasteiger partial charge in [0.15, 0.2) is 5.17 Å². The summed E-state index contributed by atoms with van der Waals surface area (Å²) in [5.74, 6) is 0.701. The molecule has 0 atom stereocenters. The molecule has 0 aromatic carbocycles. The van der Waals surface area contributed by atoms with Gasteiger partial charge in [0, 0.05) is 19.1 Å². The fraction of sp³-hybridized carbons (Fsp3) is 0.800. The second-order valence-electron chi connectivity index (χ2n) is 4.18. The van der Waals surface area contributed by atoms with E-state index in [4.69, 9.17) is 0 Å². The van der Waals surface area contributed by atoms with Crippen LogP contribution in [0.3, 0.4) is 0 Å². The average molecular weight is 229 g/mol. The van der Waals surface area contributed by atoms with Gasteiger partial charge < -0.3 is 4.90 Å². The van der Waals surface area contributed by atoms with Crippen molar-refractivity contribution in [1.82, 2.24) is 9.80 Å². The van der Waals surface area contributed by atoms with Crippen LogP contribution < -0.4 is 0 Å². The maximum atomic E-state index is 11.9. The average Bonchev–Trinajstić information content (AvgIpc) is 2.12. The van der Waals surface area contributed by atoms with E-state index in [2.05, 4.69) is 4.99 Å². The molecule has 0 radical (unpaired) electrons. The van der Waals surface area contributed by atoms with E-state index in [0.29, 0.717) is 5.88 Å². The van der Waals surface area contributed by atoms with Gasteiger partial charge in [-0.2, -0.15) is 0 Å². The van der Waals surface area contributed by atoms with E-state index < -0.39 is 0 Å². The van der Waals surface area contributed by atoms with Gasteiger partial charge in [0.25, 0.3) is 0 Å². The van der Waals surface area contributed by atoms with Crippen LogP contribution in [0, 0.1) is 0 Å². The summed E-state index contributed by atoms with van der Waals surface area (Å²) in [7, 11) is 1.78. The van der Waals surface area contributed by atoms with Gasteiger partial charge in [-0.05, 0) is 27.7 Å². The Bertz CT molecular complexity index is 276. The number of rotatable bonds is 2. The molecule has 4 nitrogen and oxygen atoms in total. The van der Waals surface area contributed by atoms with Crippen molar-refractivity contribution in [2.24, 2.45) is 4.99 Å². The number of thioether (sulfide) groups is 1. The second kappa shape index (κ2) is 4.88. The van der Waals surface area contributed by atoms with E-state index in [0.717, 1.165) is 5.17 Å². The van der Waals surface area contributed by atoms with Crippen molar-refractivity contribution >= 4 is 23.0 Å². The molecule has 1 saturated heterocycles. The number of aliphatic imine (C=N–C) groups is 1. The zero-order valence-corrected chi connectivity index (χ0v) is 10.8. The lowest BCUT2D eigenvalue weighted by molar-refractivity contribution is 0.176. The van der Waals surface area contributed by atoms with Gasteiger partial charge in [0.05, 0.1) is 5.88 Å². The van der Waals surface area contributed by atoms with Gasteiger partial charge in [-0.15, -0.1) is 0 Å². The highest BCUT2D eigenvalue weighted by molar-refractivity contribution is 8.13. The van der Waals surface area contributed by atoms with E-state index in [1.807, 2.05) is 32.6 Å². The molecule has 0 aromatic rings. The maximum absolute atomic E-state index is 11.9. The first-order chi connectivity index (χ1) is 6.93. The summed E-state index contributed by atoms with van der Waals surface area (Å²) in [6, 6.07) is 0.518. The van der Waals surface area contributed by atoms with Crippen LogP contribution >= 0.6 is 11.8 Å². The number of hydrogen-bond donors (Lipinski definition) is 0. The van der Waals surface area contributed by atoms with Crippen LogP contribution in [-0.4, -0.2) is 46.0 Å². The number of hydrogen-bond acceptors (Lipinski definition) is 3. The molecule has 0 spiro atoms. The van der Waals surface area contributed by atoms with Gasteiger partial charge in [0.2, 0.25) is 0 Å². The molecule has 1 heterocycles. The summed E-state index contributed by atoms with van der Waals surface area (Å²) in [6.45, 7) is 8.08. The van der Waals surface area contributed by atoms with E-state index in [9.17, 15) is 4.79 Å². The molecule has 1 fully saturated rings. The monoisotopic (exact) mass is 229 g/mol. The van der Waals surface area contributed by atoms with Crippen LogP contribution in [-0.2, 0) is 0 Å². The second-order valence-corrected chi connectivity index (χ2v) is 5.10. The summed E-state index contributed by atoms with van der Waals surface area (Å²) in [4.78, 5) is 19.8. The molecule has 1 rings (SSSR count). The van der Waals surface area contributed by atoms with Crippen molar-refractivity contribution in [2.45, 2.75) is 39.8 Å². The first-order valence-electron chi connectivity index (χ1n) is 5.18. The lowest BCUT2D eigenvalue weighted by atomic mass is 10.3. The van der Waals surface area contributed by atoms with Gasteiger partial charge >= 0.3 is 6.03 Å². The van der Waals surface area contributed by atoms with E-state index in [1.165, 1.54) is 0 Å². The summed E-state index contributed by atoms with van der Waals surface area (Å²) in [5, 5.41) is 0.826. The molecule has 0 saturated carbocycles. The topological polar surface area (TPSA) is 35.9 Å². The Hall–Kier alpha value is -0.710. The largest absolute Gasteiger partial charge is 0.326 e. The molecular weight excluding hydrogens is 210 g/mol. The molecule has 1 aliphatic heterocycles. The lowest BCUT2D eigenvalue weighted by Gasteiger charge is -2.36. The maximum Gasteiger partial charge on any atom is 0.326 e. The predicted octanol–water partition coefficient (Wildman–Crippen LogP) is 2.22. The highest BCUT2D eigenvalue weighted by Crippen LogP contribution is 2.21. The predicted molar refractivity (Wildman–Crippen MR) is 65.2 cm³/mol. The molecule has 15 heavy (non-hydrogen) atoms. The van der Waals surface area contributed by atoms with Crippen molar-refractivity contribution in [3.63, 3.8) is 0 Å². The SMILES string of the molecule is CC(C)/N=C1\SCN(C(C)C)C(=O)N1C. The third-order valence-corrected chi connectivity index (χ3v) is 3.19. The van der Waals surface area contributed by atoms with Crippen molar-refractivity contribution in [1.29, 1.82) is 0 Å². The molecule has 2 amide bonds. The van der Waals surface area contributed by atoms with Gasteiger partial charge in [-0.25, -0.2) is 4.79 Å². The van der Waals surface area contributed by atoms with Gasteiger partial charge in [0.1, 0.15) is 0 Å². The van der Waals surface area contributed by atoms with Crippen molar-refractivity contribution in [3.05, 3.63) is 0 Å². The Morgan fingerprint density at radius 2 is 1.93 bits per heavy atom. The van der Waals surface area contributed by atoms with Crippen molar-refractivity contribution < 1.29 is 4.79 Å². The number of urea groups is 1. The smallest absolute Gasteiger partial charge is 0.312 e. The normalized spacial score (nSPS) is 21.0. The van der Waals surface area contributed by atoms with Crippen molar-refractivity contribution in [3.8, 4) is 0 Å². The Kier molecular flexibility index (Phi) is 4.02. The Morgan fingerprint density at radius 1 is 1.33 bits per heavy atom. The lowest BCUT2D eigenvalue weighted by Crippen LogP contribution is -2.50. The van der Waals surface area contributed by atoms with Crippen LogP contribution in [0.2, 0.25) is 0 Å². The van der Waals surface area contributed by atoms with Crippen LogP contribution in [0.25, 0.3) is 0 Å². The number of nitrogens with zero attached hydrogens (tertiary/aromatic N) is 3. The van der Waals surface area contributed by atoms with E-state index in [1.54, 1.807) is 23.7 Å². The molecule has 0 N–H and O–H groups in total. The van der Waals surface area contributed by atoms with Crippen molar-refractivity contribution in [2.75, 3.05) is 12.9 Å². The standard InChI is InChI=1S/C10H19N3OS/c1-7(2)11-9-12(5)10(14)13(6-15-9)8(3)4/h7-8H,6H2,1-5H3/b11-9-. The zero-order valence-electron chi connectivity index (χ0n) is 10.0. The van der Waals surface area contributed by atoms with Crippen LogP contribution in [0.1, 0.15) is 27.7 Å². The fourth-order valence-electron chi connectivity index (χ4n) is 1.27. The molecule has 0 unspecified atom stereocenters. The summed E-state index contributed by atoms with van der Waals surface area (Å²) in [5.41, 5.74) is 0. The summed E-state index contributed by atoms with van der Waals surface area (Å²) in [6.07, 6.45) is 0.